The fourth-order valence-electron chi connectivity index (χ4n) is 1.68. The number of rotatable bonds is 6. The molecule has 0 aliphatic rings. The maximum absolute atomic E-state index is 12.0. The van der Waals surface area contributed by atoms with Crippen LogP contribution in [0.3, 0.4) is 0 Å². The van der Waals surface area contributed by atoms with E-state index < -0.39 is 5.41 Å². The third-order valence-electron chi connectivity index (χ3n) is 3.09. The van der Waals surface area contributed by atoms with E-state index in [1.165, 1.54) is 0 Å². The van der Waals surface area contributed by atoms with Crippen LogP contribution in [-0.4, -0.2) is 24.9 Å². The molecule has 0 heterocycles. The lowest BCUT2D eigenvalue weighted by molar-refractivity contribution is -0.128. The lowest BCUT2D eigenvalue weighted by Gasteiger charge is -2.23. The van der Waals surface area contributed by atoms with Crippen molar-refractivity contribution < 1.29 is 9.59 Å². The third kappa shape index (κ3) is 4.35. The van der Waals surface area contributed by atoms with Gasteiger partial charge in [0.15, 0.2) is 0 Å². The molecule has 1 aromatic rings. The lowest BCUT2D eigenvalue weighted by atomic mass is 9.92. The fourth-order valence-corrected chi connectivity index (χ4v) is 1.68. The smallest absolute Gasteiger partial charge is 0.251 e. The molecule has 0 bridgehead atoms. The van der Waals surface area contributed by atoms with Crippen LogP contribution in [0.5, 0.6) is 0 Å². The molecule has 1 rings (SSSR count). The van der Waals surface area contributed by atoms with Gasteiger partial charge in [-0.2, -0.15) is 0 Å². The van der Waals surface area contributed by atoms with Gasteiger partial charge in [-0.25, -0.2) is 0 Å². The van der Waals surface area contributed by atoms with Gasteiger partial charge in [-0.3, -0.25) is 9.59 Å². The number of amides is 2. The third-order valence-corrected chi connectivity index (χ3v) is 3.09. The highest BCUT2D eigenvalue weighted by atomic mass is 16.2. The first-order chi connectivity index (χ1) is 9.40. The molecule has 0 saturated heterocycles. The van der Waals surface area contributed by atoms with E-state index in [9.17, 15) is 9.59 Å². The van der Waals surface area contributed by atoms with Gasteiger partial charge in [-0.1, -0.05) is 12.1 Å². The van der Waals surface area contributed by atoms with Crippen LogP contribution in [0, 0.1) is 5.41 Å². The molecule has 0 unspecified atom stereocenters. The van der Waals surface area contributed by atoms with Crippen molar-refractivity contribution in [2.24, 2.45) is 11.1 Å². The van der Waals surface area contributed by atoms with Crippen molar-refractivity contribution in [1.82, 2.24) is 10.6 Å². The number of hydrogen-bond donors (Lipinski definition) is 3. The Balaban J connectivity index is 2.59. The predicted octanol–water partition coefficient (Wildman–Crippen LogP) is 1.04. The van der Waals surface area contributed by atoms with Crippen molar-refractivity contribution in [3.8, 4) is 0 Å². The molecule has 2 amide bonds. The Bertz CT molecular complexity index is 467. The van der Waals surface area contributed by atoms with Crippen LogP contribution >= 0.6 is 0 Å². The van der Waals surface area contributed by atoms with Crippen molar-refractivity contribution >= 4 is 11.8 Å². The summed E-state index contributed by atoms with van der Waals surface area (Å²) in [6, 6.07) is 7.11. The molecule has 20 heavy (non-hydrogen) atoms. The summed E-state index contributed by atoms with van der Waals surface area (Å²) in [7, 11) is 0. The zero-order valence-corrected chi connectivity index (χ0v) is 12.3. The van der Waals surface area contributed by atoms with Gasteiger partial charge in [0.1, 0.15) is 0 Å². The molecule has 0 aromatic heterocycles. The number of benzene rings is 1. The van der Waals surface area contributed by atoms with Crippen molar-refractivity contribution in [3.63, 3.8) is 0 Å². The quantitative estimate of drug-likeness (QED) is 0.726. The maximum atomic E-state index is 12.0. The molecule has 0 radical (unpaired) electrons. The second kappa shape index (κ2) is 7.05. The first kappa shape index (κ1) is 16.2. The largest absolute Gasteiger partial charge is 0.356 e. The molecule has 0 fully saturated rings. The number of nitrogens with one attached hydrogen (secondary N) is 2. The Morgan fingerprint density at radius 2 is 1.75 bits per heavy atom. The molecule has 5 nitrogen and oxygen atoms in total. The average molecular weight is 277 g/mol. The highest BCUT2D eigenvalue weighted by Crippen LogP contribution is 2.14. The van der Waals surface area contributed by atoms with E-state index in [0.717, 1.165) is 5.56 Å². The highest BCUT2D eigenvalue weighted by Gasteiger charge is 2.27. The molecule has 1 aromatic carbocycles. The van der Waals surface area contributed by atoms with Gasteiger partial charge in [0, 0.05) is 25.2 Å². The Kier molecular flexibility index (Phi) is 5.70. The van der Waals surface area contributed by atoms with Gasteiger partial charge in [0.2, 0.25) is 5.91 Å². The molecule has 4 N–H and O–H groups in total. The minimum absolute atomic E-state index is 0.0706. The molecule has 0 saturated carbocycles. The Labute approximate surface area is 119 Å². The van der Waals surface area contributed by atoms with E-state index in [-0.39, 0.29) is 18.4 Å². The van der Waals surface area contributed by atoms with E-state index in [1.807, 2.05) is 19.1 Å². The Hall–Kier alpha value is -1.88. The van der Waals surface area contributed by atoms with E-state index in [4.69, 9.17) is 5.73 Å². The van der Waals surface area contributed by atoms with Gasteiger partial charge in [0.05, 0.1) is 5.41 Å². The van der Waals surface area contributed by atoms with Crippen LogP contribution in [-0.2, 0) is 11.3 Å². The lowest BCUT2D eigenvalue weighted by Crippen LogP contribution is -2.44. The fraction of sp³-hybridized carbons (Fsp3) is 0.467. The second-order valence-corrected chi connectivity index (χ2v) is 5.33. The molecular weight excluding hydrogens is 254 g/mol. The van der Waals surface area contributed by atoms with E-state index in [0.29, 0.717) is 18.7 Å². The Morgan fingerprint density at radius 1 is 1.15 bits per heavy atom. The molecule has 110 valence electrons. The summed E-state index contributed by atoms with van der Waals surface area (Å²) in [5, 5.41) is 5.55. The summed E-state index contributed by atoms with van der Waals surface area (Å²) >= 11 is 0. The van der Waals surface area contributed by atoms with Gasteiger partial charge in [-0.15, -0.1) is 0 Å². The van der Waals surface area contributed by atoms with Crippen LogP contribution in [0.4, 0.5) is 0 Å². The van der Waals surface area contributed by atoms with Crippen LogP contribution in [0.2, 0.25) is 0 Å². The summed E-state index contributed by atoms with van der Waals surface area (Å²) in [4.78, 5) is 23.8. The SMILES string of the molecule is CCNC(=O)C(C)(C)CNC(=O)c1ccc(CN)cc1. The number of nitrogens with two attached hydrogens (primary N) is 1. The number of carbonyl (C=O) groups excluding carboxylic acids is 2. The summed E-state index contributed by atoms with van der Waals surface area (Å²) in [6.07, 6.45) is 0. The Morgan fingerprint density at radius 3 is 2.25 bits per heavy atom. The summed E-state index contributed by atoms with van der Waals surface area (Å²) in [5.41, 5.74) is 6.41. The van der Waals surface area contributed by atoms with Crippen molar-refractivity contribution in [1.29, 1.82) is 0 Å². The minimum atomic E-state index is -0.636. The van der Waals surface area contributed by atoms with Crippen molar-refractivity contribution in [3.05, 3.63) is 35.4 Å². The second-order valence-electron chi connectivity index (χ2n) is 5.33. The topological polar surface area (TPSA) is 84.2 Å². The van der Waals surface area contributed by atoms with E-state index in [2.05, 4.69) is 10.6 Å². The van der Waals surface area contributed by atoms with Crippen molar-refractivity contribution in [2.75, 3.05) is 13.1 Å². The first-order valence-electron chi connectivity index (χ1n) is 6.76. The molecule has 0 spiro atoms. The highest BCUT2D eigenvalue weighted by molar-refractivity contribution is 5.94. The summed E-state index contributed by atoms with van der Waals surface area (Å²) < 4.78 is 0. The normalized spacial score (nSPS) is 11.0. The molecular formula is C15H23N3O2. The maximum Gasteiger partial charge on any atom is 0.251 e. The minimum Gasteiger partial charge on any atom is -0.356 e. The van der Waals surface area contributed by atoms with Gasteiger partial charge >= 0.3 is 0 Å². The zero-order valence-electron chi connectivity index (χ0n) is 12.3. The van der Waals surface area contributed by atoms with E-state index in [1.54, 1.807) is 26.0 Å². The van der Waals surface area contributed by atoms with Crippen LogP contribution in [0.1, 0.15) is 36.7 Å². The number of carbonyl (C=O) groups is 2. The standard InChI is InChI=1S/C15H23N3O2/c1-4-17-14(20)15(2,3)10-18-13(19)12-7-5-11(9-16)6-8-12/h5-8H,4,9-10,16H2,1-3H3,(H,17,20)(H,18,19). The molecule has 5 heteroatoms. The van der Waals surface area contributed by atoms with Gasteiger partial charge in [0.25, 0.3) is 5.91 Å². The molecule has 0 aliphatic carbocycles. The predicted molar refractivity (Wildman–Crippen MR) is 79.1 cm³/mol. The summed E-state index contributed by atoms with van der Waals surface area (Å²) in [5.74, 6) is -0.260. The first-order valence-corrected chi connectivity index (χ1v) is 6.76. The molecule has 0 atom stereocenters. The average Bonchev–Trinajstić information content (AvgIpc) is 2.45. The zero-order chi connectivity index (χ0) is 15.2. The van der Waals surface area contributed by atoms with E-state index >= 15 is 0 Å². The molecule has 0 aliphatic heterocycles. The van der Waals surface area contributed by atoms with Gasteiger partial charge < -0.3 is 16.4 Å². The van der Waals surface area contributed by atoms with Gasteiger partial charge in [-0.05, 0) is 38.5 Å². The van der Waals surface area contributed by atoms with Crippen LogP contribution in [0.25, 0.3) is 0 Å². The van der Waals surface area contributed by atoms with Crippen LogP contribution in [0.15, 0.2) is 24.3 Å². The van der Waals surface area contributed by atoms with Crippen LogP contribution < -0.4 is 16.4 Å². The number of hydrogen-bond acceptors (Lipinski definition) is 3. The van der Waals surface area contributed by atoms with Crippen molar-refractivity contribution in [2.45, 2.75) is 27.3 Å². The summed E-state index contributed by atoms with van der Waals surface area (Å²) in [6.45, 7) is 6.79. The monoisotopic (exact) mass is 277 g/mol.